The number of aromatic nitrogens is 3. The number of aryl methyl sites for hydroxylation is 1. The molecule has 0 amide bonds. The van der Waals surface area contributed by atoms with Crippen LogP contribution < -0.4 is 5.43 Å². The predicted molar refractivity (Wildman–Crippen MR) is 112 cm³/mol. The molecule has 3 unspecified atom stereocenters. The van der Waals surface area contributed by atoms with Gasteiger partial charge < -0.3 is 39.5 Å². The summed E-state index contributed by atoms with van der Waals surface area (Å²) >= 11 is 5.14. The summed E-state index contributed by atoms with van der Waals surface area (Å²) in [6, 6.07) is 1.30. The van der Waals surface area contributed by atoms with Crippen LogP contribution in [0.2, 0.25) is 0 Å². The number of aliphatic hydroxyl groups is 2. The quantitative estimate of drug-likeness (QED) is 0.160. The lowest BCUT2D eigenvalue weighted by molar-refractivity contribution is -0.0530. The zero-order valence-electron chi connectivity index (χ0n) is 16.8. The summed E-state index contributed by atoms with van der Waals surface area (Å²) in [5, 5.41) is 20.7. The highest BCUT2D eigenvalue weighted by Crippen LogP contribution is 2.66. The van der Waals surface area contributed by atoms with Crippen molar-refractivity contribution < 1.29 is 61.4 Å². The molecule has 7 N–H and O–H groups in total. The highest BCUT2D eigenvalue weighted by atomic mass is 32.1. The van der Waals surface area contributed by atoms with Gasteiger partial charge in [-0.3, -0.25) is 13.9 Å². The summed E-state index contributed by atoms with van der Waals surface area (Å²) in [6.07, 6.45) is -5.15. The summed E-state index contributed by atoms with van der Waals surface area (Å²) in [5.41, 5.74) is 0.277. The molecular formula is C13H18N3O14P3S. The van der Waals surface area contributed by atoms with E-state index in [1.807, 2.05) is 0 Å². The second kappa shape index (κ2) is 9.69. The number of hydrogen-bond donors (Lipinski definition) is 7. The van der Waals surface area contributed by atoms with Crippen LogP contribution in [0.5, 0.6) is 0 Å². The third-order valence-electron chi connectivity index (χ3n) is 4.31. The van der Waals surface area contributed by atoms with E-state index in [2.05, 4.69) is 23.1 Å². The van der Waals surface area contributed by atoms with E-state index in [1.54, 1.807) is 6.92 Å². The van der Waals surface area contributed by atoms with E-state index in [9.17, 15) is 33.6 Å². The molecule has 2 aromatic heterocycles. The number of H-pyrrole nitrogens is 1. The molecule has 0 bridgehead atoms. The molecule has 0 aliphatic carbocycles. The lowest BCUT2D eigenvalue weighted by Gasteiger charge is -2.19. The van der Waals surface area contributed by atoms with Gasteiger partial charge in [0.05, 0.1) is 12.0 Å². The Labute approximate surface area is 194 Å². The Hall–Kier alpha value is -1.20. The van der Waals surface area contributed by atoms with E-state index >= 15 is 0 Å². The van der Waals surface area contributed by atoms with Crippen LogP contribution in [-0.2, 0) is 31.6 Å². The van der Waals surface area contributed by atoms with Crippen LogP contribution in [0.1, 0.15) is 11.9 Å². The Kier molecular flexibility index (Phi) is 7.80. The van der Waals surface area contributed by atoms with E-state index in [4.69, 9.17) is 31.6 Å². The van der Waals surface area contributed by atoms with Crippen molar-refractivity contribution >= 4 is 46.7 Å². The summed E-state index contributed by atoms with van der Waals surface area (Å²) in [4.78, 5) is 54.9. The van der Waals surface area contributed by atoms with Gasteiger partial charge in [-0.25, -0.2) is 18.7 Å². The van der Waals surface area contributed by atoms with Crippen LogP contribution in [0.15, 0.2) is 17.1 Å². The van der Waals surface area contributed by atoms with Crippen molar-refractivity contribution in [2.24, 2.45) is 0 Å². The number of phosphoric acid groups is 3. The summed E-state index contributed by atoms with van der Waals surface area (Å²) < 4.78 is 51.8. The number of nitrogens with one attached hydrogen (secondary N) is 1. The van der Waals surface area contributed by atoms with Gasteiger partial charge in [0.1, 0.15) is 24.0 Å². The maximum absolute atomic E-state index is 12.2. The molecular weight excluding hydrogens is 547 g/mol. The topological polar surface area (TPSA) is 260 Å². The number of pyridine rings is 1. The maximum Gasteiger partial charge on any atom is 0.490 e. The van der Waals surface area contributed by atoms with Gasteiger partial charge in [0.15, 0.2) is 11.7 Å². The lowest BCUT2D eigenvalue weighted by Crippen LogP contribution is -2.33. The number of hydrogen-bond acceptors (Lipinski definition) is 12. The second-order valence-corrected chi connectivity index (χ2v) is 11.7. The van der Waals surface area contributed by atoms with E-state index in [1.165, 1.54) is 12.3 Å². The normalized spacial score (nSPS) is 26.9. The highest BCUT2D eigenvalue weighted by Gasteiger charge is 2.46. The van der Waals surface area contributed by atoms with Gasteiger partial charge in [-0.2, -0.15) is 8.62 Å². The average Bonchev–Trinajstić information content (AvgIpc) is 2.91. The maximum atomic E-state index is 12.2. The van der Waals surface area contributed by atoms with Crippen molar-refractivity contribution in [2.45, 2.75) is 31.5 Å². The number of fused-ring (bicyclic) bond motifs is 1. The van der Waals surface area contributed by atoms with Crippen molar-refractivity contribution in [3.8, 4) is 0 Å². The minimum absolute atomic E-state index is 0.0844. The molecule has 190 valence electrons. The zero-order valence-corrected chi connectivity index (χ0v) is 20.3. The monoisotopic (exact) mass is 565 g/mol. The Morgan fingerprint density at radius 3 is 2.41 bits per heavy atom. The minimum atomic E-state index is -5.74. The molecule has 6 atom stereocenters. The standard InChI is InChI=1S/C13H18N3O14P3S/c1-5-2-7(17)6-3-16(13(34)15-11(6)14-5)12-10(19)9(18)8(28-12)4-27-32(23,24)30-33(25,26)29-31(20,21)22/h2-3,8-10,12,18-19H,4H2,1H3,(H,23,24)(H,25,26)(H,14,15,34)(H2,20,21,22)/t8-,9?,10+,12-/m1/s1. The zero-order chi connectivity index (χ0) is 25.6. The number of aromatic amines is 1. The molecule has 1 aliphatic heterocycles. The number of rotatable bonds is 8. The van der Waals surface area contributed by atoms with E-state index in [0.717, 1.165) is 4.57 Å². The molecule has 3 rings (SSSR count). The van der Waals surface area contributed by atoms with E-state index in [-0.39, 0.29) is 15.8 Å². The Morgan fingerprint density at radius 2 is 1.79 bits per heavy atom. The molecule has 17 nitrogen and oxygen atoms in total. The number of nitrogens with zero attached hydrogens (tertiary/aromatic N) is 2. The Balaban J connectivity index is 1.77. The van der Waals surface area contributed by atoms with Gasteiger partial charge in [0, 0.05) is 18.0 Å². The van der Waals surface area contributed by atoms with Gasteiger partial charge >= 0.3 is 23.5 Å². The fourth-order valence-corrected chi connectivity index (χ4v) is 6.27. The largest absolute Gasteiger partial charge is 0.490 e. The molecule has 1 saturated heterocycles. The molecule has 21 heteroatoms. The van der Waals surface area contributed by atoms with Crippen molar-refractivity contribution in [1.29, 1.82) is 0 Å². The van der Waals surface area contributed by atoms with Gasteiger partial charge in [0.25, 0.3) is 0 Å². The Bertz CT molecular complexity index is 1360. The van der Waals surface area contributed by atoms with Gasteiger partial charge in [-0.1, -0.05) is 0 Å². The first-order chi connectivity index (χ1) is 15.5. The molecule has 1 aliphatic rings. The minimum Gasteiger partial charge on any atom is -0.387 e. The van der Waals surface area contributed by atoms with Gasteiger partial charge in [-0.15, -0.1) is 0 Å². The fraction of sp³-hybridized carbons (Fsp3) is 0.462. The molecule has 3 heterocycles. The van der Waals surface area contributed by atoms with Crippen molar-refractivity contribution in [3.05, 3.63) is 33.0 Å². The highest BCUT2D eigenvalue weighted by molar-refractivity contribution is 7.71. The van der Waals surface area contributed by atoms with Crippen LogP contribution in [0.3, 0.4) is 0 Å². The first-order valence-electron chi connectivity index (χ1n) is 8.91. The molecule has 1 fully saturated rings. The third kappa shape index (κ3) is 6.51. The van der Waals surface area contributed by atoms with Gasteiger partial charge in [0.2, 0.25) is 4.77 Å². The molecule has 0 saturated carbocycles. The van der Waals surface area contributed by atoms with Crippen LogP contribution in [-0.4, -0.2) is 69.2 Å². The van der Waals surface area contributed by atoms with Crippen LogP contribution in [0.25, 0.3) is 11.0 Å². The van der Waals surface area contributed by atoms with Crippen LogP contribution >= 0.6 is 35.7 Å². The smallest absolute Gasteiger partial charge is 0.387 e. The van der Waals surface area contributed by atoms with Crippen molar-refractivity contribution in [2.75, 3.05) is 6.61 Å². The molecule has 34 heavy (non-hydrogen) atoms. The van der Waals surface area contributed by atoms with Crippen LogP contribution in [0, 0.1) is 11.7 Å². The fourth-order valence-electron chi connectivity index (χ4n) is 2.99. The van der Waals surface area contributed by atoms with Crippen LogP contribution in [0.4, 0.5) is 0 Å². The molecule has 0 spiro atoms. The predicted octanol–water partition coefficient (Wildman–Crippen LogP) is -0.275. The first kappa shape index (κ1) is 27.4. The SMILES string of the molecule is Cc1cc(=O)c2cn([C@@H]3O[C@H](COP(=O)(O)OP(=O)(O)OP(=O)(O)O)C(O)[C@@H]3O)c(=S)nc2[nH]1. The summed E-state index contributed by atoms with van der Waals surface area (Å²) in [5.74, 6) is 0. The van der Waals surface area contributed by atoms with E-state index in [0.29, 0.717) is 5.69 Å². The number of ether oxygens (including phenoxy) is 1. The summed E-state index contributed by atoms with van der Waals surface area (Å²) in [6.45, 7) is 0.627. The van der Waals surface area contributed by atoms with E-state index < -0.39 is 60.0 Å². The summed E-state index contributed by atoms with van der Waals surface area (Å²) in [7, 11) is -16.8. The third-order valence-corrected chi connectivity index (χ3v) is 8.41. The average molecular weight is 565 g/mol. The molecule has 0 aromatic carbocycles. The van der Waals surface area contributed by atoms with Crippen molar-refractivity contribution in [1.82, 2.24) is 14.5 Å². The van der Waals surface area contributed by atoms with Crippen molar-refractivity contribution in [3.63, 3.8) is 0 Å². The molecule has 2 aromatic rings. The molecule has 0 radical (unpaired) electrons. The second-order valence-electron chi connectivity index (χ2n) is 6.94. The number of aliphatic hydroxyl groups excluding tert-OH is 2. The van der Waals surface area contributed by atoms with Gasteiger partial charge in [-0.05, 0) is 19.1 Å². The lowest BCUT2D eigenvalue weighted by atomic mass is 10.1. The Morgan fingerprint density at radius 1 is 1.15 bits per heavy atom. The first-order valence-corrected chi connectivity index (χ1v) is 13.8. The number of phosphoric ester groups is 1.